The molecule has 1 fully saturated rings. The zero-order valence-electron chi connectivity index (χ0n) is 11.2. The summed E-state index contributed by atoms with van der Waals surface area (Å²) in [6, 6.07) is 4.46. The molecule has 0 aliphatic carbocycles. The van der Waals surface area contributed by atoms with Gasteiger partial charge in [0.15, 0.2) is 0 Å². The molecule has 1 aliphatic rings. The van der Waals surface area contributed by atoms with Crippen LogP contribution in [0, 0.1) is 11.2 Å². The Morgan fingerprint density at radius 3 is 3.05 bits per heavy atom. The predicted octanol–water partition coefficient (Wildman–Crippen LogP) is 1.72. The molecule has 1 heterocycles. The van der Waals surface area contributed by atoms with Crippen LogP contribution in [0.15, 0.2) is 18.2 Å². The lowest BCUT2D eigenvalue weighted by atomic mass is 10.1. The first kappa shape index (κ1) is 14.0. The van der Waals surface area contributed by atoms with E-state index in [-0.39, 0.29) is 17.8 Å². The van der Waals surface area contributed by atoms with Gasteiger partial charge in [-0.2, -0.15) is 0 Å². The zero-order chi connectivity index (χ0) is 13.8. The molecular formula is C14H20FN3O. The van der Waals surface area contributed by atoms with E-state index in [0.29, 0.717) is 12.1 Å². The van der Waals surface area contributed by atoms with Gasteiger partial charge in [-0.05, 0) is 24.1 Å². The zero-order valence-corrected chi connectivity index (χ0v) is 11.2. The fourth-order valence-corrected chi connectivity index (χ4v) is 2.35. The summed E-state index contributed by atoms with van der Waals surface area (Å²) >= 11 is 0. The third kappa shape index (κ3) is 3.52. The molecular weight excluding hydrogens is 245 g/mol. The number of rotatable bonds is 4. The lowest BCUT2D eigenvalue weighted by molar-refractivity contribution is -0.0324. The largest absolute Gasteiger partial charge is 0.384 e. The maximum atomic E-state index is 13.2. The number of nitrogens with one attached hydrogen (secondary N) is 1. The van der Waals surface area contributed by atoms with Crippen LogP contribution in [-0.4, -0.2) is 36.5 Å². The van der Waals surface area contributed by atoms with Crippen molar-refractivity contribution >= 4 is 5.84 Å². The topological polar surface area (TPSA) is 62.3 Å². The number of hydrogen-bond acceptors (Lipinski definition) is 3. The minimum atomic E-state index is -0.359. The number of halogens is 1. The molecule has 1 unspecified atom stereocenters. The van der Waals surface area contributed by atoms with Crippen molar-refractivity contribution in [3.8, 4) is 0 Å². The van der Waals surface area contributed by atoms with Gasteiger partial charge in [-0.15, -0.1) is 0 Å². The van der Waals surface area contributed by atoms with Crippen LogP contribution in [-0.2, 0) is 11.3 Å². The van der Waals surface area contributed by atoms with E-state index in [1.54, 1.807) is 6.07 Å². The summed E-state index contributed by atoms with van der Waals surface area (Å²) in [6.45, 7) is 5.22. The minimum Gasteiger partial charge on any atom is -0.384 e. The van der Waals surface area contributed by atoms with E-state index in [0.717, 1.165) is 31.7 Å². The summed E-state index contributed by atoms with van der Waals surface area (Å²) < 4.78 is 18.8. The monoisotopic (exact) mass is 265 g/mol. The molecule has 1 aliphatic heterocycles. The average Bonchev–Trinajstić information content (AvgIpc) is 2.41. The maximum absolute atomic E-state index is 13.2. The molecule has 0 spiro atoms. The van der Waals surface area contributed by atoms with Gasteiger partial charge in [0, 0.05) is 25.2 Å². The number of nitrogens with zero attached hydrogens (tertiary/aromatic N) is 1. The predicted molar refractivity (Wildman–Crippen MR) is 72.7 cm³/mol. The van der Waals surface area contributed by atoms with Gasteiger partial charge < -0.3 is 10.5 Å². The Kier molecular flexibility index (Phi) is 4.50. The van der Waals surface area contributed by atoms with Crippen LogP contribution in [0.25, 0.3) is 0 Å². The number of ether oxygens (including phenoxy) is 1. The molecule has 1 aromatic rings. The van der Waals surface area contributed by atoms with Crippen molar-refractivity contribution in [1.82, 2.24) is 4.90 Å². The van der Waals surface area contributed by atoms with E-state index in [1.807, 2.05) is 0 Å². The first-order valence-corrected chi connectivity index (χ1v) is 6.57. The highest BCUT2D eigenvalue weighted by molar-refractivity contribution is 5.96. The van der Waals surface area contributed by atoms with Gasteiger partial charge in [-0.3, -0.25) is 10.3 Å². The van der Waals surface area contributed by atoms with E-state index in [4.69, 9.17) is 15.9 Å². The maximum Gasteiger partial charge on any atom is 0.123 e. The van der Waals surface area contributed by atoms with Crippen molar-refractivity contribution in [3.63, 3.8) is 0 Å². The van der Waals surface area contributed by atoms with E-state index < -0.39 is 0 Å². The second kappa shape index (κ2) is 6.12. The Hall–Kier alpha value is -1.46. The second-order valence-corrected chi connectivity index (χ2v) is 4.85. The number of amidine groups is 1. The summed E-state index contributed by atoms with van der Waals surface area (Å²) in [7, 11) is 0. The minimum absolute atomic E-state index is 0.0881. The first-order chi connectivity index (χ1) is 9.10. The second-order valence-electron chi connectivity index (χ2n) is 4.85. The third-order valence-corrected chi connectivity index (χ3v) is 3.43. The summed E-state index contributed by atoms with van der Waals surface area (Å²) in [5.41, 5.74) is 6.90. The molecule has 104 valence electrons. The Morgan fingerprint density at radius 1 is 1.58 bits per heavy atom. The Balaban J connectivity index is 2.12. The lowest BCUT2D eigenvalue weighted by Gasteiger charge is -2.32. The molecule has 0 saturated carbocycles. The molecule has 19 heavy (non-hydrogen) atoms. The fourth-order valence-electron chi connectivity index (χ4n) is 2.35. The van der Waals surface area contributed by atoms with Crippen LogP contribution in [0.2, 0.25) is 0 Å². The smallest absolute Gasteiger partial charge is 0.123 e. The third-order valence-electron chi connectivity index (χ3n) is 3.43. The van der Waals surface area contributed by atoms with Crippen molar-refractivity contribution in [3.05, 3.63) is 35.1 Å². The molecule has 1 atom stereocenters. The number of nitrogen functional groups attached to an aromatic ring is 1. The Bertz CT molecular complexity index is 464. The van der Waals surface area contributed by atoms with Gasteiger partial charge >= 0.3 is 0 Å². The number of morpholine rings is 1. The van der Waals surface area contributed by atoms with E-state index >= 15 is 0 Å². The molecule has 0 radical (unpaired) electrons. The molecule has 0 amide bonds. The van der Waals surface area contributed by atoms with Crippen molar-refractivity contribution in [2.75, 3.05) is 19.7 Å². The van der Waals surface area contributed by atoms with Crippen molar-refractivity contribution in [2.24, 2.45) is 5.73 Å². The lowest BCUT2D eigenvalue weighted by Crippen LogP contribution is -2.41. The standard InChI is InChI=1S/C14H20FN3O/c1-2-12-9-18(5-6-19-12)8-10-3-4-11(15)7-13(10)14(16)17/h3-4,7,12H,2,5-6,8-9H2,1H3,(H3,16,17). The highest BCUT2D eigenvalue weighted by Gasteiger charge is 2.20. The number of benzene rings is 1. The molecule has 0 bridgehead atoms. The van der Waals surface area contributed by atoms with Gasteiger partial charge in [-0.25, -0.2) is 4.39 Å². The van der Waals surface area contributed by atoms with Crippen molar-refractivity contribution in [2.45, 2.75) is 26.0 Å². The van der Waals surface area contributed by atoms with Gasteiger partial charge in [-0.1, -0.05) is 13.0 Å². The highest BCUT2D eigenvalue weighted by Crippen LogP contribution is 2.16. The van der Waals surface area contributed by atoms with Gasteiger partial charge in [0.25, 0.3) is 0 Å². The van der Waals surface area contributed by atoms with Crippen molar-refractivity contribution < 1.29 is 9.13 Å². The highest BCUT2D eigenvalue weighted by atomic mass is 19.1. The van der Waals surface area contributed by atoms with Crippen LogP contribution in [0.1, 0.15) is 24.5 Å². The van der Waals surface area contributed by atoms with E-state index in [1.165, 1.54) is 12.1 Å². The summed E-state index contributed by atoms with van der Waals surface area (Å²) in [4.78, 5) is 2.26. The molecule has 4 nitrogen and oxygen atoms in total. The van der Waals surface area contributed by atoms with E-state index in [9.17, 15) is 4.39 Å². The number of hydrogen-bond donors (Lipinski definition) is 2. The molecule has 5 heteroatoms. The molecule has 3 N–H and O–H groups in total. The Labute approximate surface area is 112 Å². The Morgan fingerprint density at radius 2 is 2.37 bits per heavy atom. The van der Waals surface area contributed by atoms with E-state index in [2.05, 4.69) is 11.8 Å². The SMILES string of the molecule is CCC1CN(Cc2ccc(F)cc2C(=N)N)CCO1. The van der Waals surface area contributed by atoms with Crippen LogP contribution >= 0.6 is 0 Å². The molecule has 1 saturated heterocycles. The number of nitrogens with two attached hydrogens (primary N) is 1. The van der Waals surface area contributed by atoms with Gasteiger partial charge in [0.1, 0.15) is 11.7 Å². The average molecular weight is 265 g/mol. The van der Waals surface area contributed by atoms with Crippen LogP contribution in [0.5, 0.6) is 0 Å². The van der Waals surface area contributed by atoms with Crippen LogP contribution < -0.4 is 5.73 Å². The van der Waals surface area contributed by atoms with Gasteiger partial charge in [0.2, 0.25) is 0 Å². The summed E-state index contributed by atoms with van der Waals surface area (Å²) in [5.74, 6) is -0.447. The molecule has 2 rings (SSSR count). The normalized spacial score (nSPS) is 20.4. The quantitative estimate of drug-likeness (QED) is 0.643. The summed E-state index contributed by atoms with van der Waals surface area (Å²) in [6.07, 6.45) is 1.24. The first-order valence-electron chi connectivity index (χ1n) is 6.57. The van der Waals surface area contributed by atoms with Gasteiger partial charge in [0.05, 0.1) is 12.7 Å². The van der Waals surface area contributed by atoms with Crippen LogP contribution in [0.4, 0.5) is 4.39 Å². The van der Waals surface area contributed by atoms with Crippen molar-refractivity contribution in [1.29, 1.82) is 5.41 Å². The summed E-state index contributed by atoms with van der Waals surface area (Å²) in [5, 5.41) is 7.53. The van der Waals surface area contributed by atoms with Crippen LogP contribution in [0.3, 0.4) is 0 Å². The fraction of sp³-hybridized carbons (Fsp3) is 0.500. The molecule has 0 aromatic heterocycles. The molecule has 1 aromatic carbocycles.